The maximum Gasteiger partial charge on any atom is 0.492 e. The number of rotatable bonds is 8. The summed E-state index contributed by atoms with van der Waals surface area (Å²) in [6, 6.07) is 0. The standard InChI is InChI=1S/C8H19O9P3/c1-3-5-7-13-19(11)15-18(9,10)16-20(12,17-19)14-8-6-4-2/h3-8H2,1-2H3,(H,9,10). The van der Waals surface area contributed by atoms with Gasteiger partial charge in [0.05, 0.1) is 13.2 Å². The van der Waals surface area contributed by atoms with Crippen LogP contribution in [-0.4, -0.2) is 18.1 Å². The molecule has 120 valence electrons. The Labute approximate surface area is 117 Å². The third kappa shape index (κ3) is 6.06. The highest BCUT2D eigenvalue weighted by Gasteiger charge is 2.55. The SMILES string of the molecule is CCCCOP1(=O)OP(=O)(O)OP(=O)(OCCCC)O1. The zero-order valence-electron chi connectivity index (χ0n) is 11.3. The third-order valence-corrected chi connectivity index (χ3v) is 7.95. The molecule has 0 spiro atoms. The van der Waals surface area contributed by atoms with Crippen LogP contribution in [0.5, 0.6) is 0 Å². The van der Waals surface area contributed by atoms with Crippen molar-refractivity contribution in [1.82, 2.24) is 0 Å². The molecule has 0 bridgehead atoms. The smallest absolute Gasteiger partial charge is 0.302 e. The molecule has 0 aliphatic carbocycles. The van der Waals surface area contributed by atoms with Crippen LogP contribution >= 0.6 is 23.5 Å². The lowest BCUT2D eigenvalue weighted by molar-refractivity contribution is 0.116. The highest BCUT2D eigenvalue weighted by Crippen LogP contribution is 2.81. The van der Waals surface area contributed by atoms with Crippen molar-refractivity contribution in [2.24, 2.45) is 0 Å². The molecular weight excluding hydrogens is 333 g/mol. The maximum absolute atomic E-state index is 12.0. The van der Waals surface area contributed by atoms with Gasteiger partial charge >= 0.3 is 23.5 Å². The molecule has 0 radical (unpaired) electrons. The Balaban J connectivity index is 2.76. The molecule has 1 N–H and O–H groups in total. The summed E-state index contributed by atoms with van der Waals surface area (Å²) in [5.74, 6) is 0. The van der Waals surface area contributed by atoms with Crippen molar-refractivity contribution in [3.63, 3.8) is 0 Å². The van der Waals surface area contributed by atoms with E-state index in [0.717, 1.165) is 12.8 Å². The minimum atomic E-state index is -4.83. The summed E-state index contributed by atoms with van der Waals surface area (Å²) in [6.45, 7) is 3.65. The lowest BCUT2D eigenvalue weighted by Crippen LogP contribution is -2.09. The van der Waals surface area contributed by atoms with Gasteiger partial charge in [-0.2, -0.15) is 12.9 Å². The van der Waals surface area contributed by atoms with Gasteiger partial charge in [0, 0.05) is 0 Å². The molecule has 0 aromatic carbocycles. The molecular formula is C8H19O9P3. The fourth-order valence-corrected chi connectivity index (χ4v) is 6.78. The molecule has 1 aliphatic rings. The van der Waals surface area contributed by atoms with Gasteiger partial charge in [0.2, 0.25) is 0 Å². The van der Waals surface area contributed by atoms with E-state index >= 15 is 0 Å². The second-order valence-electron chi connectivity index (χ2n) is 3.98. The zero-order chi connectivity index (χ0) is 15.3. The van der Waals surface area contributed by atoms with Crippen LogP contribution < -0.4 is 0 Å². The molecule has 0 aromatic rings. The Bertz CT molecular complexity index is 414. The summed E-state index contributed by atoms with van der Waals surface area (Å²) >= 11 is 0. The highest BCUT2D eigenvalue weighted by molar-refractivity contribution is 7.75. The second-order valence-corrected chi connectivity index (χ2v) is 9.18. The van der Waals surface area contributed by atoms with Crippen molar-refractivity contribution < 1.29 is 40.6 Å². The molecule has 0 saturated carbocycles. The highest BCUT2D eigenvalue weighted by atomic mass is 31.3. The van der Waals surface area contributed by atoms with Crippen molar-refractivity contribution in [2.75, 3.05) is 13.2 Å². The van der Waals surface area contributed by atoms with Crippen LogP contribution in [-0.2, 0) is 35.7 Å². The predicted molar refractivity (Wildman–Crippen MR) is 70.0 cm³/mol. The molecule has 0 amide bonds. The summed E-state index contributed by atoms with van der Waals surface area (Å²) in [6.07, 6.45) is 2.51. The fraction of sp³-hybridized carbons (Fsp3) is 1.00. The van der Waals surface area contributed by atoms with Crippen LogP contribution in [0.2, 0.25) is 0 Å². The van der Waals surface area contributed by atoms with Gasteiger partial charge in [0.25, 0.3) is 0 Å². The molecule has 1 heterocycles. The predicted octanol–water partition coefficient (Wildman–Crippen LogP) is 4.00. The van der Waals surface area contributed by atoms with Crippen molar-refractivity contribution in [3.8, 4) is 0 Å². The monoisotopic (exact) mass is 352 g/mol. The average Bonchev–Trinajstić information content (AvgIpc) is 2.25. The van der Waals surface area contributed by atoms with Crippen molar-refractivity contribution in [1.29, 1.82) is 0 Å². The first kappa shape index (κ1) is 18.5. The van der Waals surface area contributed by atoms with Gasteiger partial charge in [0.15, 0.2) is 0 Å². The van der Waals surface area contributed by atoms with Gasteiger partial charge < -0.3 is 4.89 Å². The Morgan fingerprint density at radius 3 is 1.60 bits per heavy atom. The minimum Gasteiger partial charge on any atom is -0.302 e. The summed E-state index contributed by atoms with van der Waals surface area (Å²) < 4.78 is 58.2. The number of hydrogen-bond acceptors (Lipinski definition) is 8. The molecule has 2 unspecified atom stereocenters. The average molecular weight is 352 g/mol. The molecule has 20 heavy (non-hydrogen) atoms. The van der Waals surface area contributed by atoms with E-state index in [1.54, 1.807) is 0 Å². The first-order chi connectivity index (χ1) is 9.24. The number of phosphoric acid groups is 3. The van der Waals surface area contributed by atoms with Crippen LogP contribution in [0.4, 0.5) is 0 Å². The van der Waals surface area contributed by atoms with E-state index in [4.69, 9.17) is 9.05 Å². The van der Waals surface area contributed by atoms with Crippen molar-refractivity contribution >= 4 is 23.5 Å². The Kier molecular flexibility index (Phi) is 7.06. The molecule has 1 saturated heterocycles. The largest absolute Gasteiger partial charge is 0.492 e. The summed E-state index contributed by atoms with van der Waals surface area (Å²) in [4.78, 5) is 9.29. The number of hydrogen-bond donors (Lipinski definition) is 1. The third-order valence-electron chi connectivity index (χ3n) is 2.10. The molecule has 2 atom stereocenters. The fourth-order valence-electron chi connectivity index (χ4n) is 1.16. The molecule has 9 nitrogen and oxygen atoms in total. The Morgan fingerprint density at radius 2 is 1.25 bits per heavy atom. The van der Waals surface area contributed by atoms with Crippen LogP contribution in [0, 0.1) is 0 Å². The quantitative estimate of drug-likeness (QED) is 0.511. The summed E-state index contributed by atoms with van der Waals surface area (Å²) in [5.41, 5.74) is 0. The lowest BCUT2D eigenvalue weighted by Gasteiger charge is -2.29. The Morgan fingerprint density at radius 1 is 0.850 bits per heavy atom. The van der Waals surface area contributed by atoms with E-state index in [0.29, 0.717) is 12.8 Å². The molecule has 1 rings (SSSR count). The van der Waals surface area contributed by atoms with E-state index in [2.05, 4.69) is 12.9 Å². The lowest BCUT2D eigenvalue weighted by atomic mass is 10.4. The first-order valence-corrected chi connectivity index (χ1v) is 10.6. The van der Waals surface area contributed by atoms with Gasteiger partial charge in [-0.05, 0) is 12.8 Å². The molecule has 12 heteroatoms. The van der Waals surface area contributed by atoms with Gasteiger partial charge in [-0.3, -0.25) is 9.05 Å². The van der Waals surface area contributed by atoms with E-state index < -0.39 is 23.5 Å². The Hall–Kier alpha value is 0.450. The van der Waals surface area contributed by atoms with E-state index in [9.17, 15) is 18.6 Å². The van der Waals surface area contributed by atoms with E-state index in [1.165, 1.54) is 0 Å². The second kappa shape index (κ2) is 7.63. The normalized spacial score (nSPS) is 38.0. The molecule has 1 aliphatic heterocycles. The van der Waals surface area contributed by atoms with Gasteiger partial charge in [-0.15, -0.1) is 0 Å². The van der Waals surface area contributed by atoms with Gasteiger partial charge in [-0.1, -0.05) is 26.7 Å². The van der Waals surface area contributed by atoms with Gasteiger partial charge in [-0.25, -0.2) is 13.7 Å². The van der Waals surface area contributed by atoms with Crippen LogP contribution in [0.15, 0.2) is 0 Å². The van der Waals surface area contributed by atoms with E-state index in [-0.39, 0.29) is 13.2 Å². The maximum atomic E-state index is 12.0. The van der Waals surface area contributed by atoms with Gasteiger partial charge in [0.1, 0.15) is 0 Å². The van der Waals surface area contributed by atoms with Crippen molar-refractivity contribution in [3.05, 3.63) is 0 Å². The van der Waals surface area contributed by atoms with Crippen LogP contribution in [0.1, 0.15) is 39.5 Å². The molecule has 0 aromatic heterocycles. The van der Waals surface area contributed by atoms with Crippen LogP contribution in [0.3, 0.4) is 0 Å². The number of unbranched alkanes of at least 4 members (excludes halogenated alkanes) is 2. The summed E-state index contributed by atoms with van der Waals surface area (Å²) in [7, 11) is -13.8. The first-order valence-electron chi connectivity index (χ1n) is 6.20. The topological polar surface area (TPSA) is 118 Å². The minimum absolute atomic E-state index is 0.0390. The van der Waals surface area contributed by atoms with Crippen molar-refractivity contribution in [2.45, 2.75) is 39.5 Å². The molecule has 1 fully saturated rings. The zero-order valence-corrected chi connectivity index (χ0v) is 14.0. The van der Waals surface area contributed by atoms with Crippen LogP contribution in [0.25, 0.3) is 0 Å². The summed E-state index contributed by atoms with van der Waals surface area (Å²) in [5, 5.41) is 0. The van der Waals surface area contributed by atoms with E-state index in [1.807, 2.05) is 13.8 Å².